The third-order valence-corrected chi connectivity index (χ3v) is 2.83. The van der Waals surface area contributed by atoms with E-state index >= 15 is 0 Å². The second-order valence-electron chi connectivity index (χ2n) is 1.97. The number of aromatic nitrogens is 2. The van der Waals surface area contributed by atoms with Crippen LogP contribution in [0.15, 0.2) is 27.7 Å². The molecule has 0 saturated heterocycles. The Labute approximate surface area is 70.8 Å². The van der Waals surface area contributed by atoms with E-state index in [1.807, 2.05) is 16.8 Å². The zero-order chi connectivity index (χ0) is 7.68. The maximum Gasteiger partial charge on any atom is 0.262 e. The van der Waals surface area contributed by atoms with Crippen molar-refractivity contribution in [3.63, 3.8) is 0 Å². The molecule has 0 fully saturated rings. The molecule has 0 aliphatic carbocycles. The largest absolute Gasteiger partial charge is 0.334 e. The van der Waals surface area contributed by atoms with E-state index in [2.05, 4.69) is 21.8 Å². The third kappa shape index (κ3) is 1.29. The van der Waals surface area contributed by atoms with E-state index in [0.717, 1.165) is 5.56 Å². The minimum Gasteiger partial charge on any atom is -0.334 e. The smallest absolute Gasteiger partial charge is 0.262 e. The second-order valence-corrected chi connectivity index (χ2v) is 4.44. The summed E-state index contributed by atoms with van der Waals surface area (Å²) in [7, 11) is -0.0635. The molecule has 2 heterocycles. The Morgan fingerprint density at radius 2 is 2.45 bits per heavy atom. The molecule has 11 heavy (non-hydrogen) atoms. The lowest BCUT2D eigenvalue weighted by Crippen LogP contribution is -1.68. The van der Waals surface area contributed by atoms with Gasteiger partial charge in [-0.25, -0.2) is 0 Å². The van der Waals surface area contributed by atoms with Crippen LogP contribution in [-0.2, 0) is 0 Å². The average Bonchev–Trinajstić information content (AvgIpc) is 2.55. The molecule has 3 nitrogen and oxygen atoms in total. The van der Waals surface area contributed by atoms with Gasteiger partial charge in [0.1, 0.15) is 11.7 Å². The molecule has 56 valence electrons. The van der Waals surface area contributed by atoms with Gasteiger partial charge in [-0.2, -0.15) is 4.98 Å². The first-order chi connectivity index (χ1) is 5.36. The van der Waals surface area contributed by atoms with Crippen molar-refractivity contribution in [2.24, 2.45) is 0 Å². The van der Waals surface area contributed by atoms with Crippen molar-refractivity contribution in [2.45, 2.75) is 0 Å². The Balaban J connectivity index is 2.45. The lowest BCUT2D eigenvalue weighted by molar-refractivity contribution is 0.430. The fourth-order valence-electron chi connectivity index (χ4n) is 0.774. The van der Waals surface area contributed by atoms with Crippen molar-refractivity contribution in [1.29, 1.82) is 0 Å². The van der Waals surface area contributed by atoms with Crippen LogP contribution in [-0.4, -0.2) is 10.1 Å². The maximum absolute atomic E-state index is 4.86. The van der Waals surface area contributed by atoms with Crippen LogP contribution < -0.4 is 0 Å². The van der Waals surface area contributed by atoms with Gasteiger partial charge in [0.25, 0.3) is 5.89 Å². The summed E-state index contributed by atoms with van der Waals surface area (Å²) in [6.07, 6.45) is 1.39. The van der Waals surface area contributed by atoms with Crippen LogP contribution in [0.1, 0.15) is 0 Å². The van der Waals surface area contributed by atoms with Gasteiger partial charge in [0.05, 0.1) is 5.56 Å². The number of thiol groups is 1. The van der Waals surface area contributed by atoms with Crippen molar-refractivity contribution in [3.8, 4) is 11.5 Å². The first-order valence-electron chi connectivity index (χ1n) is 2.94. The lowest BCUT2D eigenvalue weighted by atomic mass is 10.3. The van der Waals surface area contributed by atoms with Gasteiger partial charge in [0.15, 0.2) is 17.1 Å². The maximum atomic E-state index is 4.86. The Hall–Kier alpha value is -0.810. The fraction of sp³-hybridized carbons (Fsp3) is 0. The molecule has 0 amide bonds. The van der Waals surface area contributed by atoms with Crippen LogP contribution in [0.2, 0.25) is 0 Å². The topological polar surface area (TPSA) is 38.9 Å². The minimum absolute atomic E-state index is 0.0635. The van der Waals surface area contributed by atoms with Gasteiger partial charge >= 0.3 is 0 Å². The van der Waals surface area contributed by atoms with Crippen LogP contribution in [0.3, 0.4) is 0 Å². The predicted molar refractivity (Wildman–Crippen MR) is 46.6 cm³/mol. The summed E-state index contributed by atoms with van der Waals surface area (Å²) in [5, 5.41) is 7.48. The van der Waals surface area contributed by atoms with E-state index in [9.17, 15) is 0 Å². The molecule has 0 aliphatic rings. The second kappa shape index (κ2) is 2.67. The molecule has 2 aromatic heterocycles. The molecule has 0 radical (unpaired) electrons. The molecule has 1 unspecified atom stereocenters. The average molecular weight is 185 g/mol. The summed E-state index contributed by atoms with van der Waals surface area (Å²) < 4.78 is 4.86. The molecular formula is C6H5N2OS2+. The summed E-state index contributed by atoms with van der Waals surface area (Å²) in [6, 6.07) is 1.93. The van der Waals surface area contributed by atoms with Gasteiger partial charge in [-0.15, -0.1) is 0 Å². The number of nitrogens with zero attached hydrogens (tertiary/aromatic N) is 2. The molecule has 1 atom stereocenters. The summed E-state index contributed by atoms with van der Waals surface area (Å²) in [4.78, 5) is 3.91. The van der Waals surface area contributed by atoms with E-state index in [-0.39, 0.29) is 9.50 Å². The third-order valence-electron chi connectivity index (χ3n) is 1.24. The van der Waals surface area contributed by atoms with Crippen molar-refractivity contribution >= 4 is 21.2 Å². The highest BCUT2D eigenvalue weighted by atomic mass is 33.1. The van der Waals surface area contributed by atoms with Crippen LogP contribution in [0.25, 0.3) is 11.5 Å². The Morgan fingerprint density at radius 1 is 1.55 bits per heavy atom. The van der Waals surface area contributed by atoms with Crippen molar-refractivity contribution < 1.29 is 4.52 Å². The number of hydrogen-bond acceptors (Lipinski definition) is 4. The summed E-state index contributed by atoms with van der Waals surface area (Å²) in [5.41, 5.74) is 0.959. The molecule has 0 N–H and O–H groups in total. The van der Waals surface area contributed by atoms with Crippen molar-refractivity contribution in [3.05, 3.63) is 23.2 Å². The van der Waals surface area contributed by atoms with E-state index in [4.69, 9.17) is 4.52 Å². The molecule has 0 bridgehead atoms. The highest BCUT2D eigenvalue weighted by molar-refractivity contribution is 8.33. The summed E-state index contributed by atoms with van der Waals surface area (Å²) >= 11 is 4.26. The molecule has 0 aliphatic heterocycles. The normalized spacial score (nSPS) is 11.9. The zero-order valence-electron chi connectivity index (χ0n) is 5.47. The zero-order valence-corrected chi connectivity index (χ0v) is 7.18. The van der Waals surface area contributed by atoms with Gasteiger partial charge in [-0.3, -0.25) is 0 Å². The molecule has 2 aromatic rings. The molecular weight excluding hydrogens is 180 g/mol. The minimum atomic E-state index is -0.0635. The number of hydrogen-bond donors (Lipinski definition) is 1. The highest BCUT2D eigenvalue weighted by Crippen LogP contribution is 2.29. The molecule has 5 heteroatoms. The van der Waals surface area contributed by atoms with Crippen molar-refractivity contribution in [2.75, 3.05) is 0 Å². The molecule has 0 spiro atoms. The molecule has 0 saturated carbocycles. The number of rotatable bonds is 1. The monoisotopic (exact) mass is 185 g/mol. The van der Waals surface area contributed by atoms with Crippen LogP contribution in [0, 0.1) is 0 Å². The van der Waals surface area contributed by atoms with E-state index in [0.29, 0.717) is 5.89 Å². The Morgan fingerprint density at radius 3 is 3.00 bits per heavy atom. The fourth-order valence-corrected chi connectivity index (χ4v) is 2.10. The Kier molecular flexibility index (Phi) is 1.67. The highest BCUT2D eigenvalue weighted by Gasteiger charge is 2.09. The van der Waals surface area contributed by atoms with Gasteiger partial charge in [0, 0.05) is 15.6 Å². The van der Waals surface area contributed by atoms with E-state index in [1.54, 1.807) is 0 Å². The van der Waals surface area contributed by atoms with Crippen LogP contribution in [0.5, 0.6) is 0 Å². The quantitative estimate of drug-likeness (QED) is 0.420. The van der Waals surface area contributed by atoms with E-state index in [1.165, 1.54) is 6.33 Å². The van der Waals surface area contributed by atoms with Crippen LogP contribution in [0.4, 0.5) is 0 Å². The first kappa shape index (κ1) is 6.87. The predicted octanol–water partition coefficient (Wildman–Crippen LogP) is 2.18. The lowest BCUT2D eigenvalue weighted by Gasteiger charge is -1.78. The number of thiophene rings is 1. The van der Waals surface area contributed by atoms with Crippen LogP contribution >= 0.6 is 21.2 Å². The first-order valence-corrected chi connectivity index (χ1v) is 5.34. The van der Waals surface area contributed by atoms with Gasteiger partial charge in [0.2, 0.25) is 0 Å². The standard InChI is InChI=1S/C6H5N2OS2/c10-11-2-1-5(3-11)6-7-4-8-9-6/h1-4,10H/q+1. The van der Waals surface area contributed by atoms with Crippen molar-refractivity contribution in [1.82, 2.24) is 10.1 Å². The summed E-state index contributed by atoms with van der Waals surface area (Å²) in [5.74, 6) is 0.560. The molecule has 0 aromatic carbocycles. The van der Waals surface area contributed by atoms with Gasteiger partial charge in [-0.1, -0.05) is 5.16 Å². The SMILES string of the molecule is S[s+]1ccc(-c2ncno2)c1. The van der Waals surface area contributed by atoms with Gasteiger partial charge in [-0.05, 0) is 0 Å². The molecule has 2 rings (SSSR count). The van der Waals surface area contributed by atoms with Gasteiger partial charge < -0.3 is 4.52 Å². The Bertz CT molecular complexity index is 341. The van der Waals surface area contributed by atoms with E-state index < -0.39 is 0 Å². The summed E-state index contributed by atoms with van der Waals surface area (Å²) in [6.45, 7) is 0.